The summed E-state index contributed by atoms with van der Waals surface area (Å²) in [5, 5.41) is 13.7. The lowest BCUT2D eigenvalue weighted by Gasteiger charge is -2.21. The number of nitro benzene ring substituents is 1. The quantitative estimate of drug-likeness (QED) is 0.669. The van der Waals surface area contributed by atoms with E-state index < -0.39 is 4.92 Å². The van der Waals surface area contributed by atoms with E-state index in [0.29, 0.717) is 5.75 Å². The summed E-state index contributed by atoms with van der Waals surface area (Å²) in [6.07, 6.45) is 8.09. The van der Waals surface area contributed by atoms with E-state index in [4.69, 9.17) is 4.74 Å². The predicted octanol–water partition coefficient (Wildman–Crippen LogP) is 3.20. The zero-order valence-electron chi connectivity index (χ0n) is 12.6. The van der Waals surface area contributed by atoms with Crippen molar-refractivity contribution in [1.82, 2.24) is 5.32 Å². The van der Waals surface area contributed by atoms with Crippen molar-refractivity contribution >= 4 is 11.6 Å². The Balaban J connectivity index is 1.79. The lowest BCUT2D eigenvalue weighted by Crippen LogP contribution is -2.38. The molecule has 22 heavy (non-hydrogen) atoms. The highest BCUT2D eigenvalue weighted by atomic mass is 16.6. The smallest absolute Gasteiger partial charge is 0.273 e. The van der Waals surface area contributed by atoms with Crippen LogP contribution in [0.1, 0.15) is 44.9 Å². The van der Waals surface area contributed by atoms with Gasteiger partial charge in [0.2, 0.25) is 0 Å². The number of nitrogens with zero attached hydrogens (tertiary/aromatic N) is 1. The normalized spacial score (nSPS) is 16.4. The van der Waals surface area contributed by atoms with E-state index in [1.165, 1.54) is 31.4 Å². The van der Waals surface area contributed by atoms with Crippen LogP contribution in [-0.2, 0) is 4.79 Å². The lowest BCUT2D eigenvalue weighted by atomic mass is 9.97. The van der Waals surface area contributed by atoms with Gasteiger partial charge in [0.05, 0.1) is 11.0 Å². The van der Waals surface area contributed by atoms with Crippen molar-refractivity contribution in [2.24, 2.45) is 0 Å². The number of nitro groups is 1. The molecule has 0 unspecified atom stereocenters. The summed E-state index contributed by atoms with van der Waals surface area (Å²) in [4.78, 5) is 22.1. The van der Waals surface area contributed by atoms with Crippen LogP contribution in [0.4, 0.5) is 5.69 Å². The molecule has 1 amide bonds. The average molecular weight is 306 g/mol. The van der Waals surface area contributed by atoms with Gasteiger partial charge in [-0.3, -0.25) is 14.9 Å². The second kappa shape index (κ2) is 8.36. The maximum absolute atomic E-state index is 11.9. The lowest BCUT2D eigenvalue weighted by molar-refractivity contribution is -0.384. The summed E-state index contributed by atoms with van der Waals surface area (Å²) < 4.78 is 5.34. The zero-order chi connectivity index (χ0) is 15.8. The molecule has 1 N–H and O–H groups in total. The van der Waals surface area contributed by atoms with Gasteiger partial charge in [-0.2, -0.15) is 0 Å². The molecule has 120 valence electrons. The molecule has 6 nitrogen and oxygen atoms in total. The van der Waals surface area contributed by atoms with Crippen molar-refractivity contribution in [3.8, 4) is 5.75 Å². The second-order valence-corrected chi connectivity index (χ2v) is 5.65. The monoisotopic (exact) mass is 306 g/mol. The van der Waals surface area contributed by atoms with Crippen molar-refractivity contribution in [3.63, 3.8) is 0 Å². The van der Waals surface area contributed by atoms with Crippen molar-refractivity contribution < 1.29 is 14.5 Å². The Hall–Kier alpha value is -2.11. The first-order chi connectivity index (χ1) is 10.6. The fourth-order valence-electron chi connectivity index (χ4n) is 2.71. The molecule has 1 saturated carbocycles. The van der Waals surface area contributed by atoms with Crippen molar-refractivity contribution in [3.05, 3.63) is 34.4 Å². The first-order valence-corrected chi connectivity index (χ1v) is 7.82. The van der Waals surface area contributed by atoms with Gasteiger partial charge >= 0.3 is 0 Å². The molecular formula is C16H22N2O4. The first-order valence-electron chi connectivity index (χ1n) is 7.82. The van der Waals surface area contributed by atoms with E-state index in [1.54, 1.807) is 12.1 Å². The molecule has 0 heterocycles. The number of hydrogen-bond acceptors (Lipinski definition) is 4. The Morgan fingerprint density at radius 3 is 2.59 bits per heavy atom. The van der Waals surface area contributed by atoms with E-state index in [9.17, 15) is 14.9 Å². The minimum absolute atomic E-state index is 0.0436. The number of non-ortho nitro benzene ring substituents is 1. The topological polar surface area (TPSA) is 81.5 Å². The minimum atomic E-state index is -0.485. The molecule has 0 aliphatic heterocycles. The molecule has 0 bridgehead atoms. The number of amides is 1. The van der Waals surface area contributed by atoms with Crippen LogP contribution in [0.15, 0.2) is 24.3 Å². The average Bonchev–Trinajstić information content (AvgIpc) is 2.48. The van der Waals surface area contributed by atoms with E-state index in [0.717, 1.165) is 25.7 Å². The van der Waals surface area contributed by atoms with E-state index in [2.05, 4.69) is 5.32 Å². The molecule has 1 aromatic rings. The van der Waals surface area contributed by atoms with Gasteiger partial charge in [-0.05, 0) is 18.9 Å². The first kappa shape index (κ1) is 16.3. The number of hydrogen-bond donors (Lipinski definition) is 1. The molecule has 1 aliphatic carbocycles. The molecule has 0 saturated heterocycles. The van der Waals surface area contributed by atoms with Crippen LogP contribution in [0, 0.1) is 10.1 Å². The third-order valence-corrected chi connectivity index (χ3v) is 3.87. The molecule has 0 radical (unpaired) electrons. The van der Waals surface area contributed by atoms with Crippen molar-refractivity contribution in [1.29, 1.82) is 0 Å². The second-order valence-electron chi connectivity index (χ2n) is 5.65. The third-order valence-electron chi connectivity index (χ3n) is 3.87. The SMILES string of the molecule is O=C(COc1cccc([N+](=O)[O-])c1)NC1CCCCCCC1. The highest BCUT2D eigenvalue weighted by molar-refractivity contribution is 5.77. The van der Waals surface area contributed by atoms with Gasteiger partial charge in [0.1, 0.15) is 5.75 Å². The van der Waals surface area contributed by atoms with Crippen LogP contribution in [0.2, 0.25) is 0 Å². The van der Waals surface area contributed by atoms with Gasteiger partial charge in [0, 0.05) is 12.1 Å². The third kappa shape index (κ3) is 5.35. The predicted molar refractivity (Wildman–Crippen MR) is 82.8 cm³/mol. The van der Waals surface area contributed by atoms with Gasteiger partial charge in [0.25, 0.3) is 11.6 Å². The maximum atomic E-state index is 11.9. The summed E-state index contributed by atoms with van der Waals surface area (Å²) in [6.45, 7) is -0.113. The van der Waals surface area contributed by atoms with Gasteiger partial charge in [-0.15, -0.1) is 0 Å². The summed E-state index contributed by atoms with van der Waals surface area (Å²) in [5.41, 5.74) is -0.0436. The Morgan fingerprint density at radius 2 is 1.91 bits per heavy atom. The number of ether oxygens (including phenoxy) is 1. The number of carbonyl (C=O) groups is 1. The largest absolute Gasteiger partial charge is 0.484 e. The van der Waals surface area contributed by atoms with Crippen molar-refractivity contribution in [2.45, 2.75) is 51.0 Å². The summed E-state index contributed by atoms with van der Waals surface area (Å²) >= 11 is 0. The molecule has 2 rings (SSSR count). The molecular weight excluding hydrogens is 284 g/mol. The molecule has 1 aliphatic rings. The summed E-state index contributed by atoms with van der Waals surface area (Å²) in [7, 11) is 0. The fourth-order valence-corrected chi connectivity index (χ4v) is 2.71. The molecule has 0 spiro atoms. The van der Waals surface area contributed by atoms with E-state index >= 15 is 0 Å². The fraction of sp³-hybridized carbons (Fsp3) is 0.562. The standard InChI is InChI=1S/C16H22N2O4/c19-16(17-13-7-4-2-1-3-5-8-13)12-22-15-10-6-9-14(11-15)18(20)21/h6,9-11,13H,1-5,7-8,12H2,(H,17,19). The van der Waals surface area contributed by atoms with Gasteiger partial charge in [0.15, 0.2) is 6.61 Å². The summed E-state index contributed by atoms with van der Waals surface area (Å²) in [6, 6.07) is 6.09. The van der Waals surface area contributed by atoms with Crippen LogP contribution in [0.3, 0.4) is 0 Å². The number of benzene rings is 1. The summed E-state index contributed by atoms with van der Waals surface area (Å²) in [5.74, 6) is 0.166. The number of carbonyl (C=O) groups excluding carboxylic acids is 1. The molecule has 1 fully saturated rings. The van der Waals surface area contributed by atoms with Gasteiger partial charge < -0.3 is 10.1 Å². The van der Waals surface area contributed by atoms with E-state index in [-0.39, 0.29) is 24.2 Å². The van der Waals surface area contributed by atoms with Crippen LogP contribution >= 0.6 is 0 Å². The Kier molecular flexibility index (Phi) is 6.18. The zero-order valence-corrected chi connectivity index (χ0v) is 12.6. The Bertz CT molecular complexity index is 511. The van der Waals surface area contributed by atoms with Crippen LogP contribution < -0.4 is 10.1 Å². The van der Waals surface area contributed by atoms with Crippen LogP contribution in [-0.4, -0.2) is 23.5 Å². The van der Waals surface area contributed by atoms with Gasteiger partial charge in [-0.1, -0.05) is 38.2 Å². The number of nitrogens with one attached hydrogen (secondary N) is 1. The van der Waals surface area contributed by atoms with Crippen LogP contribution in [0.5, 0.6) is 5.75 Å². The minimum Gasteiger partial charge on any atom is -0.484 e. The molecule has 6 heteroatoms. The van der Waals surface area contributed by atoms with Crippen molar-refractivity contribution in [2.75, 3.05) is 6.61 Å². The Labute approximate surface area is 130 Å². The number of rotatable bonds is 5. The van der Waals surface area contributed by atoms with Gasteiger partial charge in [-0.25, -0.2) is 0 Å². The Morgan fingerprint density at radius 1 is 1.23 bits per heavy atom. The molecule has 0 aromatic heterocycles. The highest BCUT2D eigenvalue weighted by Gasteiger charge is 2.14. The highest BCUT2D eigenvalue weighted by Crippen LogP contribution is 2.19. The molecule has 0 atom stereocenters. The van der Waals surface area contributed by atoms with Crippen LogP contribution in [0.25, 0.3) is 0 Å². The molecule has 1 aromatic carbocycles. The maximum Gasteiger partial charge on any atom is 0.273 e. The van der Waals surface area contributed by atoms with E-state index in [1.807, 2.05) is 0 Å².